The molecule has 3 aromatic carbocycles. The van der Waals surface area contributed by atoms with E-state index in [4.69, 9.17) is 39.1 Å². The van der Waals surface area contributed by atoms with Crippen LogP contribution in [0.3, 0.4) is 0 Å². The van der Waals surface area contributed by atoms with E-state index in [0.29, 0.717) is 23.8 Å². The van der Waals surface area contributed by atoms with Crippen molar-refractivity contribution < 1.29 is 11.3 Å². The minimum atomic E-state index is -0.459. The van der Waals surface area contributed by atoms with Gasteiger partial charge in [0.15, 0.2) is 0 Å². The molecule has 0 amide bonds. The summed E-state index contributed by atoms with van der Waals surface area (Å²) in [5.41, 5.74) is 14.3. The molecule has 5 rings (SSSR count). The molecule has 2 aliphatic heterocycles. The largest absolute Gasteiger partial charge is 0.399 e. The van der Waals surface area contributed by atoms with E-state index in [9.17, 15) is 20.2 Å². The van der Waals surface area contributed by atoms with Gasteiger partial charge in [-0.2, -0.15) is 5.26 Å². The summed E-state index contributed by atoms with van der Waals surface area (Å²) in [6, 6.07) is 21.9. The Kier molecular flexibility index (Phi) is 19.0. The first kappa shape index (κ1) is 40.8. The summed E-state index contributed by atoms with van der Waals surface area (Å²) in [6.07, 6.45) is 8.68. The third kappa shape index (κ3) is 14.5. The van der Waals surface area contributed by atoms with Crippen molar-refractivity contribution in [3.05, 3.63) is 93.0 Å². The lowest BCUT2D eigenvalue weighted by atomic mass is 10.1. The number of nitrogens with one attached hydrogen (secondary N) is 2. The van der Waals surface area contributed by atoms with Crippen molar-refractivity contribution in [2.24, 2.45) is 0 Å². The summed E-state index contributed by atoms with van der Waals surface area (Å²) in [5, 5.41) is 44.2. The van der Waals surface area contributed by atoms with Crippen molar-refractivity contribution in [3.8, 4) is 6.07 Å². The molecule has 2 aliphatic rings. The molecule has 13 nitrogen and oxygen atoms in total. The van der Waals surface area contributed by atoms with Crippen LogP contribution in [0, 0.1) is 42.4 Å². The second-order valence-corrected chi connectivity index (χ2v) is 11.0. The van der Waals surface area contributed by atoms with Gasteiger partial charge in [-0.1, -0.05) is 7.43 Å². The smallest absolute Gasteiger partial charge is 0.269 e. The topological polar surface area (TPSA) is 216 Å². The summed E-state index contributed by atoms with van der Waals surface area (Å²) >= 11 is 5.33. The molecular formula is C34H48ClN9O4. The highest BCUT2D eigenvalue weighted by molar-refractivity contribution is 6.17. The van der Waals surface area contributed by atoms with Crippen molar-refractivity contribution in [1.29, 1.82) is 16.1 Å². The molecule has 0 spiro atoms. The zero-order valence-electron chi connectivity index (χ0n) is 26.3. The van der Waals surface area contributed by atoms with Gasteiger partial charge in [-0.25, -0.2) is 0 Å². The van der Waals surface area contributed by atoms with Crippen LogP contribution in [-0.2, 0) is 0 Å². The molecule has 0 unspecified atom stereocenters. The maximum absolute atomic E-state index is 10.5. The standard InChI is InChI=1S/C11H13N3O2.C11H15N3.C6H6N2O2.C5H8ClN.CH4.H2/c12-11-3-1-2-8-13(11)9-4-6-10(7-5-9)14(15)16;12-9-4-6-10(7-5-9)14-8-2-1-3-11(14)13;7-5-1-3-6(4-2-5)8(9)10;6-4-2-1-3-5-7;;/h4-7,12H,1-3,8H2;4-7,13H,1-3,8,12H2;1-4H,7H2;1-4H2;1H4;1H. The molecule has 14 heteroatoms. The van der Waals surface area contributed by atoms with Crippen LogP contribution in [0.5, 0.6) is 0 Å². The number of halogens is 1. The van der Waals surface area contributed by atoms with E-state index in [1.54, 1.807) is 12.1 Å². The number of nitrogens with two attached hydrogens (primary N) is 2. The highest BCUT2D eigenvalue weighted by Gasteiger charge is 2.17. The summed E-state index contributed by atoms with van der Waals surface area (Å²) < 4.78 is 0. The summed E-state index contributed by atoms with van der Waals surface area (Å²) in [6.45, 7) is 1.79. The first-order valence-corrected chi connectivity index (χ1v) is 15.8. The van der Waals surface area contributed by atoms with Crippen LogP contribution >= 0.6 is 11.6 Å². The molecule has 0 radical (unpaired) electrons. The predicted molar refractivity (Wildman–Crippen MR) is 198 cm³/mol. The van der Waals surface area contributed by atoms with Crippen molar-refractivity contribution in [1.82, 2.24) is 0 Å². The van der Waals surface area contributed by atoms with Gasteiger partial charge in [0.25, 0.3) is 11.4 Å². The second-order valence-electron chi connectivity index (χ2n) is 10.6. The fraction of sp³-hybridized carbons (Fsp3) is 0.382. The third-order valence-electron chi connectivity index (χ3n) is 7.10. The van der Waals surface area contributed by atoms with Crippen LogP contribution in [0.2, 0.25) is 0 Å². The first-order valence-electron chi connectivity index (χ1n) is 15.3. The molecule has 3 aromatic rings. The van der Waals surface area contributed by atoms with Crippen molar-refractivity contribution in [2.45, 2.75) is 65.2 Å². The number of nitro groups is 2. The molecule has 6 N–H and O–H groups in total. The lowest BCUT2D eigenvalue weighted by molar-refractivity contribution is -0.385. The number of piperidine rings is 2. The lowest BCUT2D eigenvalue weighted by Crippen LogP contribution is -2.34. The number of unbranched alkanes of at least 4 members (excludes halogenated alkanes) is 2. The van der Waals surface area contributed by atoms with E-state index in [0.717, 1.165) is 80.9 Å². The Morgan fingerprint density at radius 3 is 1.46 bits per heavy atom. The van der Waals surface area contributed by atoms with Gasteiger partial charge in [0.1, 0.15) is 11.7 Å². The number of nitrogens with zero attached hydrogens (tertiary/aromatic N) is 5. The molecule has 0 atom stereocenters. The quantitative estimate of drug-likeness (QED) is 0.0615. The number of alkyl halides is 1. The van der Waals surface area contributed by atoms with Gasteiger partial charge in [-0.3, -0.25) is 31.0 Å². The van der Waals surface area contributed by atoms with Gasteiger partial charge in [0, 0.05) is 86.7 Å². The number of hydrogen-bond donors (Lipinski definition) is 4. The van der Waals surface area contributed by atoms with Gasteiger partial charge in [0.2, 0.25) is 0 Å². The maximum Gasteiger partial charge on any atom is 0.269 e. The number of nitro benzene ring substituents is 2. The molecule has 0 saturated carbocycles. The van der Waals surface area contributed by atoms with E-state index < -0.39 is 9.85 Å². The van der Waals surface area contributed by atoms with Gasteiger partial charge >= 0.3 is 0 Å². The summed E-state index contributed by atoms with van der Waals surface area (Å²) in [5.74, 6) is 2.00. The van der Waals surface area contributed by atoms with Crippen LogP contribution in [0.4, 0.5) is 34.1 Å². The Bertz CT molecular complexity index is 1490. The Hall–Kier alpha value is -5.22. The monoisotopic (exact) mass is 681 g/mol. The molecule has 0 bridgehead atoms. The lowest BCUT2D eigenvalue weighted by Gasteiger charge is -2.29. The number of non-ortho nitro benzene ring substituents is 2. The van der Waals surface area contributed by atoms with Crippen LogP contribution in [0.25, 0.3) is 0 Å². The van der Waals surface area contributed by atoms with Crippen LogP contribution in [0.15, 0.2) is 72.8 Å². The highest BCUT2D eigenvalue weighted by Crippen LogP contribution is 2.24. The van der Waals surface area contributed by atoms with Gasteiger partial charge in [-0.15, -0.1) is 11.6 Å². The van der Waals surface area contributed by atoms with E-state index >= 15 is 0 Å². The van der Waals surface area contributed by atoms with Gasteiger partial charge in [0.05, 0.1) is 15.9 Å². The maximum atomic E-state index is 10.5. The molecule has 260 valence electrons. The molecule has 48 heavy (non-hydrogen) atoms. The number of hydrogen-bond acceptors (Lipinski definition) is 9. The number of benzene rings is 3. The minimum Gasteiger partial charge on any atom is -0.399 e. The summed E-state index contributed by atoms with van der Waals surface area (Å²) in [7, 11) is 0. The van der Waals surface area contributed by atoms with Crippen LogP contribution < -0.4 is 21.3 Å². The highest BCUT2D eigenvalue weighted by atomic mass is 35.5. The zero-order valence-corrected chi connectivity index (χ0v) is 27.1. The number of nitriles is 1. The molecule has 2 fully saturated rings. The fourth-order valence-electron chi connectivity index (χ4n) is 4.54. The van der Waals surface area contributed by atoms with Crippen molar-refractivity contribution >= 4 is 57.4 Å². The number of anilines is 4. The molecular weight excluding hydrogens is 634 g/mol. The molecule has 0 aliphatic carbocycles. The number of amidine groups is 2. The van der Waals surface area contributed by atoms with E-state index in [-0.39, 0.29) is 20.2 Å². The zero-order chi connectivity index (χ0) is 34.6. The minimum absolute atomic E-state index is 0. The van der Waals surface area contributed by atoms with Crippen LogP contribution in [0.1, 0.15) is 66.6 Å². The Morgan fingerprint density at radius 2 is 1.10 bits per heavy atom. The number of rotatable bonds is 7. The number of nitrogen functional groups attached to an aromatic ring is 2. The first-order chi connectivity index (χ1) is 22.6. The predicted octanol–water partition coefficient (Wildman–Crippen LogP) is 8.78. The Labute approximate surface area is 288 Å². The second kappa shape index (κ2) is 22.3. The van der Waals surface area contributed by atoms with Gasteiger partial charge in [-0.05, 0) is 87.1 Å². The van der Waals surface area contributed by atoms with E-state index in [1.165, 1.54) is 42.8 Å². The van der Waals surface area contributed by atoms with Crippen molar-refractivity contribution in [3.63, 3.8) is 0 Å². The van der Waals surface area contributed by atoms with Crippen LogP contribution in [-0.4, -0.2) is 40.5 Å². The molecule has 2 saturated heterocycles. The SMILES string of the molecule is C.N#CCCCCCl.N=C1CCCCN1c1ccc(N)cc1.N=C1CCCCN1c1ccc([N+](=O)[O-])cc1.Nc1ccc([N+](=O)[O-])cc1.[HH]. The fourth-order valence-corrected chi connectivity index (χ4v) is 4.73. The van der Waals surface area contributed by atoms with Crippen molar-refractivity contribution in [2.75, 3.05) is 40.2 Å². The Morgan fingerprint density at radius 1 is 0.729 bits per heavy atom. The normalized spacial score (nSPS) is 13.5. The molecule has 0 aromatic heterocycles. The van der Waals surface area contributed by atoms with Gasteiger partial charge < -0.3 is 21.3 Å². The summed E-state index contributed by atoms with van der Waals surface area (Å²) in [4.78, 5) is 23.7. The Balaban J connectivity index is 0.000000645. The third-order valence-corrected chi connectivity index (χ3v) is 7.36. The average molecular weight is 682 g/mol. The van der Waals surface area contributed by atoms with E-state index in [1.807, 2.05) is 35.2 Å². The van der Waals surface area contributed by atoms with E-state index in [2.05, 4.69) is 4.90 Å². The molecule has 2 heterocycles. The average Bonchev–Trinajstić information content (AvgIpc) is 3.07.